The fourth-order valence-electron chi connectivity index (χ4n) is 2.79. The lowest BCUT2D eigenvalue weighted by molar-refractivity contribution is -0.168. The van der Waals surface area contributed by atoms with E-state index in [4.69, 9.17) is 9.47 Å². The van der Waals surface area contributed by atoms with E-state index in [0.29, 0.717) is 19.8 Å². The van der Waals surface area contributed by atoms with Gasteiger partial charge < -0.3 is 14.6 Å². The molecule has 1 unspecified atom stereocenters. The molecule has 1 aliphatic rings. The average Bonchev–Trinajstić information content (AvgIpc) is 2.48. The highest BCUT2D eigenvalue weighted by atomic mass is 16.5. The van der Waals surface area contributed by atoms with Gasteiger partial charge in [0, 0.05) is 32.7 Å². The molecule has 1 aliphatic heterocycles. The van der Waals surface area contributed by atoms with Crippen molar-refractivity contribution in [2.45, 2.75) is 44.8 Å². The van der Waals surface area contributed by atoms with Gasteiger partial charge in [0.15, 0.2) is 0 Å². The molecule has 0 radical (unpaired) electrons. The topological polar surface area (TPSA) is 38.7 Å². The minimum Gasteiger partial charge on any atom is -0.385 e. The molecule has 3 nitrogen and oxygen atoms in total. The normalized spacial score (nSPS) is 20.2. The first-order chi connectivity index (χ1) is 9.22. The standard InChI is InChI=1S/C16H24O3/c1-3-13-6-5-7-14(12-13)15(17)16(19-4-2)8-10-18-11-9-16/h5-7,12,15,17H,3-4,8-11H2,1-2H3. The van der Waals surface area contributed by atoms with Crippen LogP contribution in [0.5, 0.6) is 0 Å². The highest BCUT2D eigenvalue weighted by Crippen LogP contribution is 2.38. The maximum absolute atomic E-state index is 10.8. The third-order valence-corrected chi connectivity index (χ3v) is 3.94. The number of ether oxygens (including phenoxy) is 2. The highest BCUT2D eigenvalue weighted by Gasteiger charge is 2.41. The molecule has 3 heteroatoms. The van der Waals surface area contributed by atoms with Gasteiger partial charge in [0.2, 0.25) is 0 Å². The van der Waals surface area contributed by atoms with E-state index >= 15 is 0 Å². The van der Waals surface area contributed by atoms with Crippen molar-refractivity contribution in [3.05, 3.63) is 35.4 Å². The predicted octanol–water partition coefficient (Wildman–Crippen LogP) is 2.87. The summed E-state index contributed by atoms with van der Waals surface area (Å²) in [4.78, 5) is 0. The molecule has 0 bridgehead atoms. The Kier molecular flexibility index (Phi) is 4.97. The molecule has 0 spiro atoms. The quantitative estimate of drug-likeness (QED) is 0.888. The fraction of sp³-hybridized carbons (Fsp3) is 0.625. The Labute approximate surface area is 115 Å². The van der Waals surface area contributed by atoms with E-state index in [9.17, 15) is 5.11 Å². The third-order valence-electron chi connectivity index (χ3n) is 3.94. The first-order valence-electron chi connectivity index (χ1n) is 7.20. The van der Waals surface area contributed by atoms with Crippen molar-refractivity contribution in [2.24, 2.45) is 0 Å². The Hall–Kier alpha value is -0.900. The molecule has 0 aromatic heterocycles. The first-order valence-corrected chi connectivity index (χ1v) is 7.20. The van der Waals surface area contributed by atoms with Crippen molar-refractivity contribution in [1.82, 2.24) is 0 Å². The molecule has 106 valence electrons. The summed E-state index contributed by atoms with van der Waals surface area (Å²) in [6.07, 6.45) is 1.89. The van der Waals surface area contributed by atoms with Crippen LogP contribution in [0, 0.1) is 0 Å². The van der Waals surface area contributed by atoms with Gasteiger partial charge in [0.1, 0.15) is 11.7 Å². The average molecular weight is 264 g/mol. The largest absolute Gasteiger partial charge is 0.385 e. The minimum absolute atomic E-state index is 0.487. The second kappa shape index (κ2) is 6.51. The summed E-state index contributed by atoms with van der Waals surface area (Å²) in [5.41, 5.74) is 1.71. The van der Waals surface area contributed by atoms with Crippen LogP contribution in [0.25, 0.3) is 0 Å². The fourth-order valence-corrected chi connectivity index (χ4v) is 2.79. The van der Waals surface area contributed by atoms with Crippen LogP contribution < -0.4 is 0 Å². The van der Waals surface area contributed by atoms with Crippen molar-refractivity contribution in [2.75, 3.05) is 19.8 Å². The maximum Gasteiger partial charge on any atom is 0.108 e. The van der Waals surface area contributed by atoms with Crippen molar-refractivity contribution < 1.29 is 14.6 Å². The Morgan fingerprint density at radius 2 is 2.05 bits per heavy atom. The van der Waals surface area contributed by atoms with Gasteiger partial charge >= 0.3 is 0 Å². The number of hydrogen-bond donors (Lipinski definition) is 1. The van der Waals surface area contributed by atoms with E-state index in [-0.39, 0.29) is 0 Å². The van der Waals surface area contributed by atoms with Crippen molar-refractivity contribution in [3.63, 3.8) is 0 Å². The van der Waals surface area contributed by atoms with Crippen LogP contribution >= 0.6 is 0 Å². The third kappa shape index (κ3) is 3.16. The Morgan fingerprint density at radius 1 is 1.32 bits per heavy atom. The summed E-state index contributed by atoms with van der Waals surface area (Å²) < 4.78 is 11.3. The molecule has 0 aliphatic carbocycles. The van der Waals surface area contributed by atoms with Crippen molar-refractivity contribution in [1.29, 1.82) is 0 Å². The number of aliphatic hydroxyl groups is 1. The molecule has 19 heavy (non-hydrogen) atoms. The van der Waals surface area contributed by atoms with E-state index in [2.05, 4.69) is 19.1 Å². The van der Waals surface area contributed by atoms with Gasteiger partial charge in [-0.2, -0.15) is 0 Å². The zero-order valence-electron chi connectivity index (χ0n) is 11.9. The molecule has 1 fully saturated rings. The lowest BCUT2D eigenvalue weighted by Gasteiger charge is -2.40. The second-order valence-electron chi connectivity index (χ2n) is 5.11. The summed E-state index contributed by atoms with van der Waals surface area (Å²) in [7, 11) is 0. The van der Waals surface area contributed by atoms with Gasteiger partial charge in [0.25, 0.3) is 0 Å². The number of rotatable bonds is 5. The molecule has 1 aromatic carbocycles. The highest BCUT2D eigenvalue weighted by molar-refractivity contribution is 5.27. The predicted molar refractivity (Wildman–Crippen MR) is 75.2 cm³/mol. The molecular formula is C16H24O3. The van der Waals surface area contributed by atoms with Gasteiger partial charge in [-0.15, -0.1) is 0 Å². The van der Waals surface area contributed by atoms with Crippen LogP contribution in [0.3, 0.4) is 0 Å². The van der Waals surface area contributed by atoms with Gasteiger partial charge in [0.05, 0.1) is 0 Å². The van der Waals surface area contributed by atoms with Crippen LogP contribution in [0.1, 0.15) is 43.9 Å². The van der Waals surface area contributed by atoms with E-state index in [1.165, 1.54) is 5.56 Å². The minimum atomic E-state index is -0.581. The van der Waals surface area contributed by atoms with Crippen LogP contribution in [0.2, 0.25) is 0 Å². The molecule has 2 rings (SSSR count). The number of benzene rings is 1. The number of hydrogen-bond acceptors (Lipinski definition) is 3. The van der Waals surface area contributed by atoms with Crippen LogP contribution in [-0.2, 0) is 15.9 Å². The molecule has 1 saturated heterocycles. The van der Waals surface area contributed by atoms with Crippen molar-refractivity contribution in [3.8, 4) is 0 Å². The monoisotopic (exact) mass is 264 g/mol. The molecule has 1 aromatic rings. The number of aliphatic hydroxyl groups excluding tert-OH is 1. The zero-order valence-corrected chi connectivity index (χ0v) is 11.9. The number of aryl methyl sites for hydroxylation is 1. The summed E-state index contributed by atoms with van der Waals surface area (Å²) in [6, 6.07) is 8.17. The second-order valence-corrected chi connectivity index (χ2v) is 5.11. The zero-order chi connectivity index (χ0) is 13.7. The SMILES string of the molecule is CCOC1(C(O)c2cccc(CC)c2)CCOCC1. The lowest BCUT2D eigenvalue weighted by atomic mass is 9.83. The molecule has 1 heterocycles. The lowest BCUT2D eigenvalue weighted by Crippen LogP contribution is -2.44. The van der Waals surface area contributed by atoms with Crippen LogP contribution in [0.4, 0.5) is 0 Å². The van der Waals surface area contributed by atoms with Crippen LogP contribution in [-0.4, -0.2) is 30.5 Å². The van der Waals surface area contributed by atoms with Gasteiger partial charge in [-0.3, -0.25) is 0 Å². The van der Waals surface area contributed by atoms with Crippen molar-refractivity contribution >= 4 is 0 Å². The van der Waals surface area contributed by atoms with E-state index in [1.54, 1.807) is 0 Å². The molecule has 0 amide bonds. The summed E-state index contributed by atoms with van der Waals surface area (Å²) in [6.45, 7) is 6.03. The Balaban J connectivity index is 2.24. The molecule has 1 N–H and O–H groups in total. The Morgan fingerprint density at radius 3 is 2.68 bits per heavy atom. The summed E-state index contributed by atoms with van der Waals surface area (Å²) in [5, 5.41) is 10.8. The molecular weight excluding hydrogens is 240 g/mol. The summed E-state index contributed by atoms with van der Waals surface area (Å²) >= 11 is 0. The Bertz CT molecular complexity index is 391. The van der Waals surface area contributed by atoms with Gasteiger partial charge in [-0.05, 0) is 24.5 Å². The smallest absolute Gasteiger partial charge is 0.108 e. The maximum atomic E-state index is 10.8. The van der Waals surface area contributed by atoms with Gasteiger partial charge in [-0.1, -0.05) is 31.2 Å². The van der Waals surface area contributed by atoms with E-state index in [0.717, 1.165) is 24.8 Å². The van der Waals surface area contributed by atoms with Crippen LogP contribution in [0.15, 0.2) is 24.3 Å². The van der Waals surface area contributed by atoms with Gasteiger partial charge in [-0.25, -0.2) is 0 Å². The first kappa shape index (κ1) is 14.5. The molecule has 0 saturated carbocycles. The summed E-state index contributed by atoms with van der Waals surface area (Å²) in [5.74, 6) is 0. The van der Waals surface area contributed by atoms with E-state index < -0.39 is 11.7 Å². The van der Waals surface area contributed by atoms with E-state index in [1.807, 2.05) is 19.1 Å². The molecule has 1 atom stereocenters.